The number of aromatic amines is 2. The molecule has 5 rings (SSSR count). The van der Waals surface area contributed by atoms with Gasteiger partial charge in [-0.3, -0.25) is 9.98 Å². The van der Waals surface area contributed by atoms with Crippen LogP contribution in [0.1, 0.15) is 11.1 Å². The van der Waals surface area contributed by atoms with Crippen molar-refractivity contribution < 1.29 is 0 Å². The zero-order valence-electron chi connectivity index (χ0n) is 22.8. The van der Waals surface area contributed by atoms with Gasteiger partial charge in [0.25, 0.3) is 0 Å². The van der Waals surface area contributed by atoms with Gasteiger partial charge in [-0.05, 0) is 56.5 Å². The molecule has 8 heteroatoms. The lowest BCUT2D eigenvalue weighted by molar-refractivity contribution is 0.420. The van der Waals surface area contributed by atoms with E-state index in [-0.39, 0.29) is 0 Å². The molecule has 2 aromatic heterocycles. The maximum Gasteiger partial charge on any atom is 0.125 e. The Morgan fingerprint density at radius 2 is 1.21 bits per heavy atom. The summed E-state index contributed by atoms with van der Waals surface area (Å²) in [5.74, 6) is 1.12. The minimum atomic E-state index is 0.553. The molecule has 0 aliphatic rings. The summed E-state index contributed by atoms with van der Waals surface area (Å²) in [7, 11) is 5.96. The van der Waals surface area contributed by atoms with E-state index in [0.717, 1.165) is 68.5 Å². The Morgan fingerprint density at radius 1 is 0.718 bits per heavy atom. The van der Waals surface area contributed by atoms with Crippen molar-refractivity contribution in [2.75, 3.05) is 47.3 Å². The number of likely N-dealkylation sites (N-methyl/N-ethyl adjacent to an activating group) is 2. The molecule has 0 amide bonds. The highest BCUT2D eigenvalue weighted by molar-refractivity contribution is 6.02. The first-order valence-corrected chi connectivity index (χ1v) is 13.2. The van der Waals surface area contributed by atoms with Crippen LogP contribution in [0.15, 0.2) is 82.8 Å². The number of nitrogens with zero attached hydrogens (tertiary/aromatic N) is 3. The SMILES string of the molecule is CNCCN=C(N)c1ccc2cc(-c3ccc(-c4cc5ccc(C(N)=NCCN(C)C)cc5[nH]4)cc3)[nH]c2c1. The van der Waals surface area contributed by atoms with Crippen LogP contribution in [0, 0.1) is 0 Å². The lowest BCUT2D eigenvalue weighted by Crippen LogP contribution is -2.19. The Kier molecular flexibility index (Phi) is 7.76. The quantitative estimate of drug-likeness (QED) is 0.108. The number of benzene rings is 3. The number of hydrogen-bond acceptors (Lipinski definition) is 4. The average Bonchev–Trinajstić information content (AvgIpc) is 3.56. The van der Waals surface area contributed by atoms with E-state index >= 15 is 0 Å². The third-order valence-electron chi connectivity index (χ3n) is 6.82. The van der Waals surface area contributed by atoms with E-state index in [1.807, 2.05) is 33.3 Å². The summed E-state index contributed by atoms with van der Waals surface area (Å²) in [6, 6.07) is 25.2. The standard InChI is InChI=1S/C31H36N8/c1-34-12-13-35-30(32)24-10-8-22-16-26(37-28(22)18-24)20-4-6-21(7-5-20)27-17-23-9-11-25(19-29(23)38-27)31(33)36-14-15-39(2)3/h4-11,16-19,34,37-38H,12-15H2,1-3H3,(H2,32,35)(H2,33,36). The van der Waals surface area contributed by atoms with Crippen LogP contribution < -0.4 is 16.8 Å². The van der Waals surface area contributed by atoms with Gasteiger partial charge < -0.3 is 31.7 Å². The summed E-state index contributed by atoms with van der Waals surface area (Å²) >= 11 is 0. The molecule has 0 bridgehead atoms. The molecular weight excluding hydrogens is 484 g/mol. The van der Waals surface area contributed by atoms with Crippen LogP contribution in [0.3, 0.4) is 0 Å². The van der Waals surface area contributed by atoms with Crippen LogP contribution in [-0.4, -0.2) is 73.9 Å². The van der Waals surface area contributed by atoms with Crippen molar-refractivity contribution in [2.45, 2.75) is 0 Å². The van der Waals surface area contributed by atoms with Gasteiger partial charge in [0, 0.05) is 57.4 Å². The van der Waals surface area contributed by atoms with Gasteiger partial charge in [0.05, 0.1) is 13.1 Å². The second kappa shape index (κ2) is 11.6. The molecule has 0 fully saturated rings. The lowest BCUT2D eigenvalue weighted by Gasteiger charge is -2.07. The lowest BCUT2D eigenvalue weighted by atomic mass is 10.1. The molecule has 0 saturated heterocycles. The van der Waals surface area contributed by atoms with Crippen molar-refractivity contribution in [1.82, 2.24) is 20.2 Å². The third kappa shape index (κ3) is 6.03. The van der Waals surface area contributed by atoms with Crippen LogP contribution >= 0.6 is 0 Å². The molecule has 0 atom stereocenters. The van der Waals surface area contributed by atoms with Crippen molar-refractivity contribution in [2.24, 2.45) is 21.5 Å². The summed E-state index contributed by atoms with van der Waals surface area (Å²) in [6.07, 6.45) is 0. The van der Waals surface area contributed by atoms with E-state index < -0.39 is 0 Å². The van der Waals surface area contributed by atoms with Crippen molar-refractivity contribution in [1.29, 1.82) is 0 Å². The molecule has 0 spiro atoms. The number of fused-ring (bicyclic) bond motifs is 2. The van der Waals surface area contributed by atoms with Gasteiger partial charge in [-0.1, -0.05) is 48.5 Å². The number of H-pyrrole nitrogens is 2. The van der Waals surface area contributed by atoms with Crippen LogP contribution in [0.25, 0.3) is 44.3 Å². The molecule has 200 valence electrons. The smallest absolute Gasteiger partial charge is 0.125 e. The normalized spacial score (nSPS) is 12.7. The number of nitrogens with two attached hydrogens (primary N) is 2. The van der Waals surface area contributed by atoms with Crippen molar-refractivity contribution in [3.8, 4) is 22.5 Å². The van der Waals surface area contributed by atoms with Crippen molar-refractivity contribution in [3.05, 3.63) is 83.9 Å². The predicted octanol–water partition coefficient (Wildman–Crippen LogP) is 4.17. The number of aromatic nitrogens is 2. The second-order valence-corrected chi connectivity index (χ2v) is 9.99. The van der Waals surface area contributed by atoms with Crippen LogP contribution in [-0.2, 0) is 0 Å². The summed E-state index contributed by atoms with van der Waals surface area (Å²) in [5.41, 5.74) is 20.7. The zero-order chi connectivity index (χ0) is 27.4. The molecule has 0 aliphatic carbocycles. The molecule has 2 heterocycles. The van der Waals surface area contributed by atoms with E-state index in [2.05, 4.69) is 90.8 Å². The molecular formula is C31H36N8. The maximum absolute atomic E-state index is 6.24. The molecule has 0 radical (unpaired) electrons. The fourth-order valence-electron chi connectivity index (χ4n) is 4.55. The Bertz CT molecular complexity index is 1640. The highest BCUT2D eigenvalue weighted by Crippen LogP contribution is 2.29. The van der Waals surface area contributed by atoms with E-state index in [4.69, 9.17) is 11.5 Å². The summed E-state index contributed by atoms with van der Waals surface area (Å²) in [4.78, 5) is 18.1. The number of aliphatic imine (C=N–C) groups is 2. The Morgan fingerprint density at radius 3 is 1.67 bits per heavy atom. The first-order chi connectivity index (χ1) is 18.9. The predicted molar refractivity (Wildman–Crippen MR) is 165 cm³/mol. The minimum Gasteiger partial charge on any atom is -0.384 e. The Balaban J connectivity index is 1.34. The number of rotatable bonds is 10. The van der Waals surface area contributed by atoms with Gasteiger partial charge in [-0.25, -0.2) is 0 Å². The van der Waals surface area contributed by atoms with Gasteiger partial charge >= 0.3 is 0 Å². The fourth-order valence-corrected chi connectivity index (χ4v) is 4.55. The summed E-state index contributed by atoms with van der Waals surface area (Å²) in [5, 5.41) is 5.35. The highest BCUT2D eigenvalue weighted by atomic mass is 15.1. The van der Waals surface area contributed by atoms with E-state index in [1.165, 1.54) is 0 Å². The topological polar surface area (TPSA) is 124 Å². The van der Waals surface area contributed by atoms with Gasteiger partial charge in [0.15, 0.2) is 0 Å². The van der Waals surface area contributed by atoms with Gasteiger partial charge in [0.1, 0.15) is 11.7 Å². The van der Waals surface area contributed by atoms with Crippen molar-refractivity contribution >= 4 is 33.5 Å². The number of nitrogens with one attached hydrogen (secondary N) is 3. The van der Waals surface area contributed by atoms with Crippen LogP contribution in [0.2, 0.25) is 0 Å². The molecule has 5 aromatic rings. The first kappa shape index (κ1) is 26.2. The molecule has 0 saturated carbocycles. The number of amidine groups is 2. The monoisotopic (exact) mass is 520 g/mol. The van der Waals surface area contributed by atoms with E-state index in [0.29, 0.717) is 24.8 Å². The third-order valence-corrected chi connectivity index (χ3v) is 6.82. The maximum atomic E-state index is 6.24. The first-order valence-electron chi connectivity index (χ1n) is 13.2. The molecule has 0 aliphatic heterocycles. The minimum absolute atomic E-state index is 0.553. The molecule has 8 nitrogen and oxygen atoms in total. The molecule has 0 unspecified atom stereocenters. The summed E-state index contributed by atoms with van der Waals surface area (Å²) < 4.78 is 0. The zero-order valence-corrected chi connectivity index (χ0v) is 22.8. The molecule has 39 heavy (non-hydrogen) atoms. The second-order valence-electron chi connectivity index (χ2n) is 9.99. The number of hydrogen-bond donors (Lipinski definition) is 5. The fraction of sp³-hybridized carbons (Fsp3) is 0.226. The summed E-state index contributed by atoms with van der Waals surface area (Å²) in [6.45, 7) is 2.99. The molecule has 3 aromatic carbocycles. The van der Waals surface area contributed by atoms with Gasteiger partial charge in [-0.2, -0.15) is 0 Å². The van der Waals surface area contributed by atoms with Gasteiger partial charge in [0.2, 0.25) is 0 Å². The van der Waals surface area contributed by atoms with Crippen LogP contribution in [0.4, 0.5) is 0 Å². The average molecular weight is 521 g/mol. The van der Waals surface area contributed by atoms with E-state index in [9.17, 15) is 0 Å². The largest absolute Gasteiger partial charge is 0.384 e. The Hall–Kier alpha value is -4.40. The van der Waals surface area contributed by atoms with Crippen LogP contribution in [0.5, 0.6) is 0 Å². The van der Waals surface area contributed by atoms with E-state index in [1.54, 1.807) is 0 Å². The van der Waals surface area contributed by atoms with Gasteiger partial charge in [-0.15, -0.1) is 0 Å². The Labute approximate surface area is 228 Å². The molecule has 7 N–H and O–H groups in total. The van der Waals surface area contributed by atoms with Crippen molar-refractivity contribution in [3.63, 3.8) is 0 Å². The highest BCUT2D eigenvalue weighted by Gasteiger charge is 2.09.